The summed E-state index contributed by atoms with van der Waals surface area (Å²) in [6.07, 6.45) is 0. The molecule has 1 saturated heterocycles. The van der Waals surface area contributed by atoms with Gasteiger partial charge in [-0.2, -0.15) is 0 Å². The average Bonchev–Trinajstić information content (AvgIpc) is 2.61. The highest BCUT2D eigenvalue weighted by molar-refractivity contribution is 8.00. The van der Waals surface area contributed by atoms with Crippen LogP contribution in [0.3, 0.4) is 0 Å². The Bertz CT molecular complexity index is 672. The monoisotopic (exact) mass is 340 g/mol. The lowest BCUT2D eigenvalue weighted by molar-refractivity contribution is -0.129. The molecule has 0 radical (unpaired) electrons. The van der Waals surface area contributed by atoms with E-state index >= 15 is 0 Å². The van der Waals surface area contributed by atoms with Gasteiger partial charge in [0.25, 0.3) is 0 Å². The molecule has 0 aliphatic carbocycles. The van der Waals surface area contributed by atoms with Gasteiger partial charge in [0, 0.05) is 36.3 Å². The molecule has 3 nitrogen and oxygen atoms in total. The number of benzene rings is 2. The van der Waals surface area contributed by atoms with Crippen molar-refractivity contribution in [2.45, 2.75) is 24.8 Å². The highest BCUT2D eigenvalue weighted by Crippen LogP contribution is 2.22. The fraction of sp³-hybridized carbons (Fsp3) is 0.350. The summed E-state index contributed by atoms with van der Waals surface area (Å²) in [4.78, 5) is 18.0. The van der Waals surface area contributed by atoms with Crippen molar-refractivity contribution < 1.29 is 4.79 Å². The third kappa shape index (κ3) is 4.12. The average molecular weight is 340 g/mol. The van der Waals surface area contributed by atoms with E-state index in [9.17, 15) is 4.79 Å². The molecular weight excluding hydrogens is 316 g/mol. The van der Waals surface area contributed by atoms with E-state index in [0.29, 0.717) is 11.8 Å². The van der Waals surface area contributed by atoms with Crippen LogP contribution in [0.2, 0.25) is 0 Å². The molecule has 1 aliphatic rings. The number of carbonyl (C=O) groups is 1. The molecule has 1 unspecified atom stereocenters. The van der Waals surface area contributed by atoms with Gasteiger partial charge in [0.1, 0.15) is 0 Å². The van der Waals surface area contributed by atoms with Gasteiger partial charge in [0.15, 0.2) is 0 Å². The quantitative estimate of drug-likeness (QED) is 0.791. The van der Waals surface area contributed by atoms with Gasteiger partial charge in [-0.3, -0.25) is 4.79 Å². The van der Waals surface area contributed by atoms with Gasteiger partial charge in [0.05, 0.1) is 5.75 Å². The summed E-state index contributed by atoms with van der Waals surface area (Å²) in [5.74, 6) is 0.751. The second-order valence-electron chi connectivity index (χ2n) is 6.32. The summed E-state index contributed by atoms with van der Waals surface area (Å²) in [5.41, 5.74) is 2.53. The first-order valence-electron chi connectivity index (χ1n) is 8.42. The molecule has 0 N–H and O–H groups in total. The lowest BCUT2D eigenvalue weighted by Gasteiger charge is -2.41. The summed E-state index contributed by atoms with van der Waals surface area (Å²) in [5, 5.41) is 0. The molecule has 2 aromatic carbocycles. The number of rotatable bonds is 4. The number of anilines is 1. The maximum atomic E-state index is 12.5. The number of piperazine rings is 1. The zero-order chi connectivity index (χ0) is 16.9. The minimum absolute atomic E-state index is 0.235. The molecule has 24 heavy (non-hydrogen) atoms. The number of hydrogen-bond acceptors (Lipinski definition) is 3. The molecule has 0 saturated carbocycles. The van der Waals surface area contributed by atoms with Crippen molar-refractivity contribution in [3.63, 3.8) is 0 Å². The zero-order valence-corrected chi connectivity index (χ0v) is 15.1. The Morgan fingerprint density at radius 2 is 1.79 bits per heavy atom. The first-order valence-corrected chi connectivity index (χ1v) is 9.41. The van der Waals surface area contributed by atoms with Crippen LogP contribution in [0.1, 0.15) is 12.5 Å². The van der Waals surface area contributed by atoms with E-state index in [2.05, 4.69) is 55.1 Å². The fourth-order valence-electron chi connectivity index (χ4n) is 3.06. The van der Waals surface area contributed by atoms with Crippen LogP contribution in [0.25, 0.3) is 0 Å². The molecule has 2 aromatic rings. The van der Waals surface area contributed by atoms with Gasteiger partial charge >= 0.3 is 0 Å². The van der Waals surface area contributed by atoms with Crippen LogP contribution in [0.5, 0.6) is 0 Å². The normalized spacial score (nSPS) is 17.8. The molecule has 0 aromatic heterocycles. The molecule has 0 spiro atoms. The Morgan fingerprint density at radius 1 is 1.08 bits per heavy atom. The van der Waals surface area contributed by atoms with Crippen molar-refractivity contribution in [2.24, 2.45) is 0 Å². The number of hydrogen-bond donors (Lipinski definition) is 0. The first kappa shape index (κ1) is 16.9. The highest BCUT2D eigenvalue weighted by atomic mass is 32.2. The van der Waals surface area contributed by atoms with Gasteiger partial charge in [-0.1, -0.05) is 35.9 Å². The van der Waals surface area contributed by atoms with Crippen molar-refractivity contribution in [2.75, 3.05) is 30.3 Å². The predicted molar refractivity (Wildman–Crippen MR) is 102 cm³/mol. The van der Waals surface area contributed by atoms with Crippen LogP contribution in [0.4, 0.5) is 5.69 Å². The van der Waals surface area contributed by atoms with Gasteiger partial charge in [-0.15, -0.1) is 11.8 Å². The standard InChI is InChI=1S/C20H24N2OS/c1-16-8-10-18(11-9-16)22-13-12-21(14-17(22)2)20(23)15-24-19-6-4-3-5-7-19/h3-11,17H,12-15H2,1-2H3. The molecule has 4 heteroatoms. The Morgan fingerprint density at radius 3 is 2.46 bits per heavy atom. The SMILES string of the molecule is Cc1ccc(N2CCN(C(=O)CSc3ccccc3)CC2C)cc1. The predicted octanol–water partition coefficient (Wildman–Crippen LogP) is 3.82. The maximum absolute atomic E-state index is 12.5. The number of carbonyl (C=O) groups excluding carboxylic acids is 1. The van der Waals surface area contributed by atoms with Crippen LogP contribution in [-0.4, -0.2) is 42.2 Å². The van der Waals surface area contributed by atoms with Crippen molar-refractivity contribution in [3.8, 4) is 0 Å². The maximum Gasteiger partial charge on any atom is 0.233 e. The van der Waals surface area contributed by atoms with Gasteiger partial charge in [-0.05, 0) is 38.1 Å². The fourth-order valence-corrected chi connectivity index (χ4v) is 3.88. The summed E-state index contributed by atoms with van der Waals surface area (Å²) >= 11 is 1.62. The van der Waals surface area contributed by atoms with Crippen LogP contribution in [0.15, 0.2) is 59.5 Å². The molecule has 1 fully saturated rings. The lowest BCUT2D eigenvalue weighted by atomic mass is 10.1. The van der Waals surface area contributed by atoms with E-state index < -0.39 is 0 Å². The molecule has 3 rings (SSSR count). The van der Waals surface area contributed by atoms with E-state index in [-0.39, 0.29) is 5.91 Å². The van der Waals surface area contributed by atoms with Crippen molar-refractivity contribution in [3.05, 3.63) is 60.2 Å². The summed E-state index contributed by atoms with van der Waals surface area (Å²) in [6.45, 7) is 6.79. The third-order valence-corrected chi connectivity index (χ3v) is 5.45. The van der Waals surface area contributed by atoms with Gasteiger partial charge in [-0.25, -0.2) is 0 Å². The second-order valence-corrected chi connectivity index (χ2v) is 7.37. The van der Waals surface area contributed by atoms with Crippen LogP contribution < -0.4 is 4.90 Å². The van der Waals surface area contributed by atoms with E-state index in [1.54, 1.807) is 11.8 Å². The molecule has 1 heterocycles. The molecule has 0 bridgehead atoms. The van der Waals surface area contributed by atoms with E-state index in [1.807, 2.05) is 23.1 Å². The van der Waals surface area contributed by atoms with E-state index in [4.69, 9.17) is 0 Å². The second kappa shape index (κ2) is 7.75. The number of nitrogens with zero attached hydrogens (tertiary/aromatic N) is 2. The summed E-state index contributed by atoms with van der Waals surface area (Å²) in [6, 6.07) is 19.1. The highest BCUT2D eigenvalue weighted by Gasteiger charge is 2.26. The minimum Gasteiger partial charge on any atom is -0.365 e. The van der Waals surface area contributed by atoms with Crippen LogP contribution in [-0.2, 0) is 4.79 Å². The Hall–Kier alpha value is -1.94. The topological polar surface area (TPSA) is 23.6 Å². The zero-order valence-electron chi connectivity index (χ0n) is 14.3. The largest absolute Gasteiger partial charge is 0.365 e. The van der Waals surface area contributed by atoms with Gasteiger partial charge in [0.2, 0.25) is 5.91 Å². The third-order valence-electron chi connectivity index (χ3n) is 4.45. The van der Waals surface area contributed by atoms with Crippen molar-refractivity contribution in [1.29, 1.82) is 0 Å². The first-order chi connectivity index (χ1) is 11.6. The Kier molecular flexibility index (Phi) is 5.46. The van der Waals surface area contributed by atoms with Crippen LogP contribution >= 0.6 is 11.8 Å². The molecule has 1 atom stereocenters. The van der Waals surface area contributed by atoms with Crippen LogP contribution in [0, 0.1) is 6.92 Å². The molecule has 126 valence electrons. The molecule has 1 aliphatic heterocycles. The molecule has 1 amide bonds. The lowest BCUT2D eigenvalue weighted by Crippen LogP contribution is -2.54. The molecular formula is C20H24N2OS. The number of thioether (sulfide) groups is 1. The Labute approximate surface area is 148 Å². The van der Waals surface area contributed by atoms with Crippen molar-refractivity contribution >= 4 is 23.4 Å². The van der Waals surface area contributed by atoms with Crippen molar-refractivity contribution in [1.82, 2.24) is 4.90 Å². The number of amides is 1. The van der Waals surface area contributed by atoms with E-state index in [1.165, 1.54) is 11.3 Å². The smallest absolute Gasteiger partial charge is 0.233 e. The minimum atomic E-state index is 0.235. The summed E-state index contributed by atoms with van der Waals surface area (Å²) in [7, 11) is 0. The number of aryl methyl sites for hydroxylation is 1. The van der Waals surface area contributed by atoms with Gasteiger partial charge < -0.3 is 9.80 Å². The Balaban J connectivity index is 1.54. The van der Waals surface area contributed by atoms with E-state index in [0.717, 1.165) is 24.5 Å². The summed E-state index contributed by atoms with van der Waals surface area (Å²) < 4.78 is 0.